The number of aryl methyl sites for hydroxylation is 1. The number of hydrogen-bond donors (Lipinski definition) is 0. The Labute approximate surface area is 141 Å². The molecule has 0 bridgehead atoms. The minimum Gasteiger partial charge on any atom is -0.334 e. The fourth-order valence-corrected chi connectivity index (χ4v) is 3.63. The quantitative estimate of drug-likeness (QED) is 0.640. The van der Waals surface area contributed by atoms with E-state index in [1.165, 1.54) is 11.3 Å². The van der Waals surface area contributed by atoms with Gasteiger partial charge in [-0.2, -0.15) is 0 Å². The summed E-state index contributed by atoms with van der Waals surface area (Å²) in [6, 6.07) is 9.69. The second-order valence-electron chi connectivity index (χ2n) is 4.46. The van der Waals surface area contributed by atoms with Crippen LogP contribution in [0.3, 0.4) is 0 Å². The van der Waals surface area contributed by atoms with Crippen molar-refractivity contribution in [1.29, 1.82) is 0 Å². The summed E-state index contributed by atoms with van der Waals surface area (Å²) in [5.74, 6) is 0.0742. The van der Waals surface area contributed by atoms with Crippen LogP contribution in [-0.4, -0.2) is 17.4 Å². The molecule has 20 heavy (non-hydrogen) atoms. The van der Waals surface area contributed by atoms with Crippen LogP contribution in [0.4, 0.5) is 0 Å². The Hall–Kier alpha value is -0.590. The molecule has 0 aliphatic heterocycles. The van der Waals surface area contributed by atoms with Gasteiger partial charge < -0.3 is 4.90 Å². The van der Waals surface area contributed by atoms with E-state index in [1.807, 2.05) is 49.1 Å². The lowest BCUT2D eigenvalue weighted by Crippen LogP contribution is -2.30. The highest BCUT2D eigenvalue weighted by Crippen LogP contribution is 2.24. The van der Waals surface area contributed by atoms with Crippen molar-refractivity contribution in [2.75, 3.05) is 6.54 Å². The second kappa shape index (κ2) is 6.91. The Bertz CT molecular complexity index is 626. The number of nitrogens with zero attached hydrogens (tertiary/aromatic N) is 1. The minimum absolute atomic E-state index is 0.0742. The Morgan fingerprint density at radius 1 is 1.35 bits per heavy atom. The topological polar surface area (TPSA) is 20.3 Å². The number of carbonyl (C=O) groups is 1. The molecule has 0 aliphatic rings. The molecule has 2 aromatic rings. The summed E-state index contributed by atoms with van der Waals surface area (Å²) >= 11 is 9.70. The summed E-state index contributed by atoms with van der Waals surface area (Å²) in [5, 5.41) is 0. The van der Waals surface area contributed by atoms with Gasteiger partial charge in [0.25, 0.3) is 5.91 Å². The van der Waals surface area contributed by atoms with Gasteiger partial charge in [-0.25, -0.2) is 0 Å². The number of halogens is 2. The third-order valence-corrected chi connectivity index (χ3v) is 5.71. The zero-order valence-electron chi connectivity index (χ0n) is 11.3. The molecule has 1 amide bonds. The van der Waals surface area contributed by atoms with Gasteiger partial charge in [0.2, 0.25) is 0 Å². The molecular formula is C15H15ClINOS. The minimum atomic E-state index is 0.0742. The van der Waals surface area contributed by atoms with Gasteiger partial charge in [0.15, 0.2) is 0 Å². The van der Waals surface area contributed by atoms with Gasteiger partial charge in [0, 0.05) is 15.0 Å². The van der Waals surface area contributed by atoms with Crippen LogP contribution in [0.25, 0.3) is 0 Å². The fourth-order valence-electron chi connectivity index (χ4n) is 1.93. The van der Waals surface area contributed by atoms with Crippen molar-refractivity contribution in [2.45, 2.75) is 20.4 Å². The molecule has 2 nitrogen and oxygen atoms in total. The Kier molecular flexibility index (Phi) is 5.46. The van der Waals surface area contributed by atoms with Crippen LogP contribution in [-0.2, 0) is 6.54 Å². The van der Waals surface area contributed by atoms with Gasteiger partial charge in [-0.15, -0.1) is 11.3 Å². The average molecular weight is 420 g/mol. The zero-order valence-corrected chi connectivity index (χ0v) is 15.1. The first-order valence-electron chi connectivity index (χ1n) is 6.31. The van der Waals surface area contributed by atoms with Crippen LogP contribution in [0.5, 0.6) is 0 Å². The molecule has 1 aromatic heterocycles. The molecule has 0 spiro atoms. The van der Waals surface area contributed by atoms with E-state index in [9.17, 15) is 4.79 Å². The van der Waals surface area contributed by atoms with Gasteiger partial charge in [0.1, 0.15) is 0 Å². The number of amides is 1. The van der Waals surface area contributed by atoms with Gasteiger partial charge in [-0.3, -0.25) is 4.79 Å². The third-order valence-electron chi connectivity index (χ3n) is 3.07. The van der Waals surface area contributed by atoms with E-state index in [2.05, 4.69) is 22.6 Å². The van der Waals surface area contributed by atoms with E-state index in [0.29, 0.717) is 13.1 Å². The summed E-state index contributed by atoms with van der Waals surface area (Å²) in [6.45, 7) is 5.30. The van der Waals surface area contributed by atoms with Gasteiger partial charge in [-0.1, -0.05) is 23.7 Å². The summed E-state index contributed by atoms with van der Waals surface area (Å²) in [4.78, 5) is 15.6. The van der Waals surface area contributed by atoms with Gasteiger partial charge in [0.05, 0.1) is 16.4 Å². The predicted octanol–water partition coefficient (Wildman–Crippen LogP) is 4.98. The number of rotatable bonds is 4. The van der Waals surface area contributed by atoms with Crippen LogP contribution in [0.2, 0.25) is 4.34 Å². The Morgan fingerprint density at radius 2 is 2.10 bits per heavy atom. The third kappa shape index (κ3) is 3.54. The van der Waals surface area contributed by atoms with E-state index in [1.54, 1.807) is 0 Å². The molecule has 0 radical (unpaired) electrons. The molecule has 0 fully saturated rings. The van der Waals surface area contributed by atoms with Crippen molar-refractivity contribution in [3.63, 3.8) is 0 Å². The monoisotopic (exact) mass is 419 g/mol. The summed E-state index contributed by atoms with van der Waals surface area (Å²) in [5.41, 5.74) is 1.90. The SMILES string of the molecule is CCN(Cc1ccc(Cl)s1)C(=O)c1cccc(C)c1I. The standard InChI is InChI=1S/C15H15ClINOS/c1-3-18(9-11-7-8-13(16)20-11)15(19)12-6-4-5-10(2)14(12)17/h4-8H,3,9H2,1-2H3. The van der Waals surface area contributed by atoms with E-state index in [4.69, 9.17) is 11.6 Å². The highest BCUT2D eigenvalue weighted by molar-refractivity contribution is 14.1. The lowest BCUT2D eigenvalue weighted by atomic mass is 10.1. The van der Waals surface area contributed by atoms with Gasteiger partial charge >= 0.3 is 0 Å². The average Bonchev–Trinajstić information content (AvgIpc) is 2.84. The smallest absolute Gasteiger partial charge is 0.255 e. The Balaban J connectivity index is 2.23. The van der Waals surface area contributed by atoms with Crippen LogP contribution in [0, 0.1) is 10.5 Å². The molecule has 106 valence electrons. The van der Waals surface area contributed by atoms with Crippen molar-refractivity contribution in [3.05, 3.63) is 54.2 Å². The van der Waals surface area contributed by atoms with Crippen molar-refractivity contribution in [1.82, 2.24) is 4.90 Å². The molecule has 2 rings (SSSR count). The lowest BCUT2D eigenvalue weighted by molar-refractivity contribution is 0.0753. The highest BCUT2D eigenvalue weighted by Gasteiger charge is 2.18. The number of carbonyl (C=O) groups excluding carboxylic acids is 1. The molecule has 0 aliphatic carbocycles. The van der Waals surface area contributed by atoms with E-state index < -0.39 is 0 Å². The predicted molar refractivity (Wildman–Crippen MR) is 93.6 cm³/mol. The van der Waals surface area contributed by atoms with Crippen LogP contribution < -0.4 is 0 Å². The highest BCUT2D eigenvalue weighted by atomic mass is 127. The molecule has 0 unspecified atom stereocenters. The molecule has 0 atom stereocenters. The maximum Gasteiger partial charge on any atom is 0.255 e. The van der Waals surface area contributed by atoms with E-state index in [0.717, 1.165) is 23.9 Å². The van der Waals surface area contributed by atoms with Crippen LogP contribution in [0.15, 0.2) is 30.3 Å². The maximum atomic E-state index is 12.7. The summed E-state index contributed by atoms with van der Waals surface area (Å²) < 4.78 is 1.78. The number of benzene rings is 1. The first-order chi connectivity index (χ1) is 9.52. The first kappa shape index (κ1) is 15.8. The van der Waals surface area contributed by atoms with Crippen LogP contribution in [0.1, 0.15) is 27.7 Å². The molecular weight excluding hydrogens is 405 g/mol. The van der Waals surface area contributed by atoms with Crippen molar-refractivity contribution < 1.29 is 4.79 Å². The van der Waals surface area contributed by atoms with Crippen molar-refractivity contribution in [2.24, 2.45) is 0 Å². The normalized spacial score (nSPS) is 10.6. The largest absolute Gasteiger partial charge is 0.334 e. The molecule has 0 N–H and O–H groups in total. The zero-order chi connectivity index (χ0) is 14.7. The maximum absolute atomic E-state index is 12.7. The Morgan fingerprint density at radius 3 is 2.70 bits per heavy atom. The molecule has 0 saturated heterocycles. The first-order valence-corrected chi connectivity index (χ1v) is 8.58. The summed E-state index contributed by atoms with van der Waals surface area (Å²) in [6.07, 6.45) is 0. The van der Waals surface area contributed by atoms with E-state index >= 15 is 0 Å². The molecule has 5 heteroatoms. The van der Waals surface area contributed by atoms with E-state index in [-0.39, 0.29) is 5.91 Å². The second-order valence-corrected chi connectivity index (χ2v) is 7.34. The molecule has 1 aromatic carbocycles. The summed E-state index contributed by atoms with van der Waals surface area (Å²) in [7, 11) is 0. The van der Waals surface area contributed by atoms with Crippen molar-refractivity contribution in [3.8, 4) is 0 Å². The van der Waals surface area contributed by atoms with Crippen molar-refractivity contribution >= 4 is 51.4 Å². The fraction of sp³-hybridized carbons (Fsp3) is 0.267. The lowest BCUT2D eigenvalue weighted by Gasteiger charge is -2.21. The number of thiophene rings is 1. The molecule has 1 heterocycles. The van der Waals surface area contributed by atoms with Crippen LogP contribution >= 0.6 is 45.5 Å². The molecule has 0 saturated carbocycles. The number of hydrogen-bond acceptors (Lipinski definition) is 2. The van der Waals surface area contributed by atoms with Gasteiger partial charge in [-0.05, 0) is 60.2 Å².